The second kappa shape index (κ2) is 11.3. The van der Waals surface area contributed by atoms with Gasteiger partial charge in [0.05, 0.1) is 20.1 Å². The molecule has 0 radical (unpaired) electrons. The highest BCUT2D eigenvalue weighted by Crippen LogP contribution is 2.34. The van der Waals surface area contributed by atoms with Gasteiger partial charge in [0.25, 0.3) is 0 Å². The zero-order valence-electron chi connectivity index (χ0n) is 19.5. The highest BCUT2D eigenvalue weighted by Gasteiger charge is 2.14. The molecule has 0 fully saturated rings. The van der Waals surface area contributed by atoms with E-state index in [1.54, 1.807) is 24.3 Å². The smallest absolute Gasteiger partial charge is 0.387 e. The first kappa shape index (κ1) is 24.7. The molecule has 0 aromatic heterocycles. The molecule has 0 saturated carbocycles. The summed E-state index contributed by atoms with van der Waals surface area (Å²) < 4.78 is 35.6. The SMILES string of the molecule is COc1ccc(-c2cc(NC(=O)CNC(=O)Cc3cccc4ccccc34)ccc2OC(F)F)cc1. The molecule has 0 bridgehead atoms. The number of fused-ring (bicyclic) bond motifs is 1. The van der Waals surface area contributed by atoms with E-state index in [1.165, 1.54) is 25.3 Å². The van der Waals surface area contributed by atoms with Gasteiger partial charge in [0, 0.05) is 11.3 Å². The number of carbonyl (C=O) groups is 2. The third-order valence-electron chi connectivity index (χ3n) is 5.56. The van der Waals surface area contributed by atoms with Gasteiger partial charge in [0.15, 0.2) is 0 Å². The van der Waals surface area contributed by atoms with Gasteiger partial charge in [-0.1, -0.05) is 54.6 Å². The molecule has 4 aromatic rings. The maximum absolute atomic E-state index is 12.9. The van der Waals surface area contributed by atoms with E-state index < -0.39 is 12.5 Å². The van der Waals surface area contributed by atoms with Crippen LogP contribution in [0, 0.1) is 0 Å². The van der Waals surface area contributed by atoms with Crippen molar-refractivity contribution >= 4 is 28.3 Å². The fourth-order valence-corrected chi connectivity index (χ4v) is 3.87. The number of hydrogen-bond acceptors (Lipinski definition) is 4. The summed E-state index contributed by atoms with van der Waals surface area (Å²) in [5, 5.41) is 7.32. The number of halogens is 2. The zero-order valence-corrected chi connectivity index (χ0v) is 19.5. The van der Waals surface area contributed by atoms with Crippen LogP contribution in [0.25, 0.3) is 21.9 Å². The molecule has 6 nitrogen and oxygen atoms in total. The summed E-state index contributed by atoms with van der Waals surface area (Å²) in [5.41, 5.74) is 2.21. The summed E-state index contributed by atoms with van der Waals surface area (Å²) in [5.74, 6) is -0.166. The van der Waals surface area contributed by atoms with Gasteiger partial charge in [0.2, 0.25) is 11.8 Å². The number of rotatable bonds is 9. The van der Waals surface area contributed by atoms with Gasteiger partial charge < -0.3 is 20.1 Å². The van der Waals surface area contributed by atoms with Crippen molar-refractivity contribution in [2.45, 2.75) is 13.0 Å². The van der Waals surface area contributed by atoms with Crippen molar-refractivity contribution < 1.29 is 27.8 Å². The van der Waals surface area contributed by atoms with Gasteiger partial charge in [-0.05, 0) is 52.2 Å². The second-order valence-corrected chi connectivity index (χ2v) is 7.96. The standard InChI is InChI=1S/C28H24F2N2O4/c1-35-22-12-9-19(10-13-22)24-16-21(11-14-25(24)36-28(29)30)32-27(34)17-31-26(33)15-20-7-4-6-18-5-2-3-8-23(18)20/h2-14,16,28H,15,17H2,1H3,(H,31,33)(H,32,34). The Kier molecular flexibility index (Phi) is 7.75. The average Bonchev–Trinajstić information content (AvgIpc) is 2.88. The van der Waals surface area contributed by atoms with Gasteiger partial charge in [-0.15, -0.1) is 0 Å². The number of methoxy groups -OCH3 is 1. The van der Waals surface area contributed by atoms with Crippen molar-refractivity contribution in [1.29, 1.82) is 0 Å². The molecule has 0 aliphatic rings. The van der Waals surface area contributed by atoms with Crippen LogP contribution in [-0.2, 0) is 16.0 Å². The van der Waals surface area contributed by atoms with Crippen LogP contribution in [0.2, 0.25) is 0 Å². The van der Waals surface area contributed by atoms with Crippen molar-refractivity contribution in [3.63, 3.8) is 0 Å². The molecular formula is C28H24F2N2O4. The predicted octanol–water partition coefficient (Wildman–Crippen LogP) is 5.41. The highest BCUT2D eigenvalue weighted by atomic mass is 19.3. The number of ether oxygens (including phenoxy) is 2. The summed E-state index contributed by atoms with van der Waals surface area (Å²) in [6.45, 7) is -3.24. The van der Waals surface area contributed by atoms with Gasteiger partial charge >= 0.3 is 6.61 Å². The van der Waals surface area contributed by atoms with Crippen LogP contribution in [0.1, 0.15) is 5.56 Å². The molecule has 0 aliphatic carbocycles. The van der Waals surface area contributed by atoms with Crippen molar-refractivity contribution in [3.8, 4) is 22.6 Å². The summed E-state index contributed by atoms with van der Waals surface area (Å²) in [6, 6.07) is 24.7. The topological polar surface area (TPSA) is 76.7 Å². The Hall–Kier alpha value is -4.46. The van der Waals surface area contributed by atoms with Crippen LogP contribution in [0.3, 0.4) is 0 Å². The Labute approximate surface area is 206 Å². The van der Waals surface area contributed by atoms with E-state index in [4.69, 9.17) is 4.74 Å². The van der Waals surface area contributed by atoms with Crippen molar-refractivity contribution in [3.05, 3.63) is 90.5 Å². The molecule has 184 valence electrons. The minimum atomic E-state index is -3.00. The summed E-state index contributed by atoms with van der Waals surface area (Å²) in [4.78, 5) is 24.9. The highest BCUT2D eigenvalue weighted by molar-refractivity contribution is 5.96. The molecule has 0 aliphatic heterocycles. The van der Waals surface area contributed by atoms with E-state index in [9.17, 15) is 18.4 Å². The quantitative estimate of drug-likeness (QED) is 0.329. The lowest BCUT2D eigenvalue weighted by atomic mass is 10.0. The number of carbonyl (C=O) groups excluding carboxylic acids is 2. The molecule has 4 rings (SSSR count). The fraction of sp³-hybridized carbons (Fsp3) is 0.143. The Balaban J connectivity index is 1.42. The van der Waals surface area contributed by atoms with Crippen molar-refractivity contribution in [2.24, 2.45) is 0 Å². The van der Waals surface area contributed by atoms with E-state index in [0.717, 1.165) is 16.3 Å². The Morgan fingerprint density at radius 2 is 1.64 bits per heavy atom. The lowest BCUT2D eigenvalue weighted by Gasteiger charge is -2.14. The molecule has 8 heteroatoms. The van der Waals surface area contributed by atoms with E-state index >= 15 is 0 Å². The molecule has 0 heterocycles. The van der Waals surface area contributed by atoms with Crippen molar-refractivity contribution in [2.75, 3.05) is 19.0 Å². The van der Waals surface area contributed by atoms with Crippen LogP contribution in [0.4, 0.5) is 14.5 Å². The first-order chi connectivity index (χ1) is 17.4. The number of hydrogen-bond donors (Lipinski definition) is 2. The van der Waals surface area contributed by atoms with Gasteiger partial charge in [-0.3, -0.25) is 9.59 Å². The Morgan fingerprint density at radius 3 is 2.39 bits per heavy atom. The molecule has 4 aromatic carbocycles. The second-order valence-electron chi connectivity index (χ2n) is 7.96. The summed E-state index contributed by atoms with van der Waals surface area (Å²) in [7, 11) is 1.53. The van der Waals surface area contributed by atoms with Crippen LogP contribution in [0.5, 0.6) is 11.5 Å². The molecule has 0 saturated heterocycles. The third kappa shape index (κ3) is 6.15. The number of anilines is 1. The van der Waals surface area contributed by atoms with Crippen LogP contribution in [0.15, 0.2) is 84.9 Å². The van der Waals surface area contributed by atoms with Crippen molar-refractivity contribution in [1.82, 2.24) is 5.32 Å². The minimum Gasteiger partial charge on any atom is -0.497 e. The van der Waals surface area contributed by atoms with Gasteiger partial charge in [0.1, 0.15) is 11.5 Å². The van der Waals surface area contributed by atoms with E-state index in [-0.39, 0.29) is 24.6 Å². The average molecular weight is 491 g/mol. The maximum Gasteiger partial charge on any atom is 0.387 e. The first-order valence-electron chi connectivity index (χ1n) is 11.2. The minimum absolute atomic E-state index is 0.0310. The molecule has 0 unspecified atom stereocenters. The lowest BCUT2D eigenvalue weighted by molar-refractivity contribution is -0.123. The Bertz CT molecular complexity index is 1370. The zero-order chi connectivity index (χ0) is 25.5. The number of alkyl halides is 2. The molecular weight excluding hydrogens is 466 g/mol. The van der Waals surface area contributed by atoms with E-state index in [1.807, 2.05) is 42.5 Å². The number of amides is 2. The van der Waals surface area contributed by atoms with Gasteiger partial charge in [-0.2, -0.15) is 8.78 Å². The predicted molar refractivity (Wildman–Crippen MR) is 134 cm³/mol. The lowest BCUT2D eigenvalue weighted by Crippen LogP contribution is -2.33. The fourth-order valence-electron chi connectivity index (χ4n) is 3.87. The van der Waals surface area contributed by atoms with E-state index in [2.05, 4.69) is 15.4 Å². The summed E-state index contributed by atoms with van der Waals surface area (Å²) >= 11 is 0. The van der Waals surface area contributed by atoms with Crippen LogP contribution >= 0.6 is 0 Å². The third-order valence-corrected chi connectivity index (χ3v) is 5.56. The van der Waals surface area contributed by atoms with Crippen LogP contribution < -0.4 is 20.1 Å². The summed E-state index contributed by atoms with van der Waals surface area (Å²) in [6.07, 6.45) is 0.135. The number of nitrogens with one attached hydrogen (secondary N) is 2. The molecule has 0 spiro atoms. The molecule has 2 N–H and O–H groups in total. The molecule has 0 atom stereocenters. The van der Waals surface area contributed by atoms with Crippen LogP contribution in [-0.4, -0.2) is 32.1 Å². The number of benzene rings is 4. The van der Waals surface area contributed by atoms with Gasteiger partial charge in [-0.25, -0.2) is 0 Å². The maximum atomic E-state index is 12.9. The molecule has 36 heavy (non-hydrogen) atoms. The normalized spacial score (nSPS) is 10.8. The monoisotopic (exact) mass is 490 g/mol. The Morgan fingerprint density at radius 1 is 0.889 bits per heavy atom. The first-order valence-corrected chi connectivity index (χ1v) is 11.2. The largest absolute Gasteiger partial charge is 0.497 e. The molecule has 2 amide bonds. The van der Waals surface area contributed by atoms with E-state index in [0.29, 0.717) is 22.6 Å².